The van der Waals surface area contributed by atoms with Gasteiger partial charge in [0.15, 0.2) is 12.4 Å². The average molecular weight is 495 g/mol. The van der Waals surface area contributed by atoms with Crippen LogP contribution in [-0.2, 0) is 9.53 Å². The molecule has 0 aliphatic heterocycles. The Morgan fingerprint density at radius 3 is 1.97 bits per heavy atom. The summed E-state index contributed by atoms with van der Waals surface area (Å²) < 4.78 is 5.77. The summed E-state index contributed by atoms with van der Waals surface area (Å²) in [6.45, 7) is -0.810. The standard InChI is InChI=1S/C24H19BrN2O5/c25-19-10-6-18(7-11-19)23(30)26-14-22(29)32-15-21(28)16-8-12-20(13-9-16)27-24(31)17-4-2-1-3-5-17/h1-13H,14-15H2,(H,26,30)(H,27,31). The maximum Gasteiger partial charge on any atom is 0.325 e. The quantitative estimate of drug-likeness (QED) is 0.365. The number of halogens is 1. The predicted octanol–water partition coefficient (Wildman–Crippen LogP) is 3.86. The molecular weight excluding hydrogens is 476 g/mol. The number of benzene rings is 3. The number of carbonyl (C=O) groups excluding carboxylic acids is 4. The molecule has 3 rings (SSSR count). The average Bonchev–Trinajstić information content (AvgIpc) is 2.82. The van der Waals surface area contributed by atoms with Crippen LogP contribution in [0.25, 0.3) is 0 Å². The fourth-order valence-electron chi connectivity index (χ4n) is 2.67. The second-order valence-electron chi connectivity index (χ2n) is 6.67. The number of hydrogen-bond donors (Lipinski definition) is 2. The molecule has 0 unspecified atom stereocenters. The minimum Gasteiger partial charge on any atom is -0.456 e. The third-order valence-corrected chi connectivity index (χ3v) is 4.89. The highest BCUT2D eigenvalue weighted by Crippen LogP contribution is 2.13. The molecule has 32 heavy (non-hydrogen) atoms. The Hall–Kier alpha value is -3.78. The van der Waals surface area contributed by atoms with Crippen LogP contribution in [0.5, 0.6) is 0 Å². The van der Waals surface area contributed by atoms with E-state index in [-0.39, 0.29) is 12.5 Å². The van der Waals surface area contributed by atoms with E-state index in [1.54, 1.807) is 60.7 Å². The van der Waals surface area contributed by atoms with Gasteiger partial charge in [0.2, 0.25) is 0 Å². The van der Waals surface area contributed by atoms with E-state index in [1.807, 2.05) is 6.07 Å². The SMILES string of the molecule is O=C(CNC(=O)c1ccc(Br)cc1)OCC(=O)c1ccc(NC(=O)c2ccccc2)cc1. The summed E-state index contributed by atoms with van der Waals surface area (Å²) in [7, 11) is 0. The molecule has 0 aliphatic rings. The lowest BCUT2D eigenvalue weighted by atomic mass is 10.1. The zero-order chi connectivity index (χ0) is 22.9. The Morgan fingerprint density at radius 2 is 1.31 bits per heavy atom. The lowest BCUT2D eigenvalue weighted by molar-refractivity contribution is -0.141. The van der Waals surface area contributed by atoms with Gasteiger partial charge in [-0.05, 0) is 60.7 Å². The number of anilines is 1. The minimum absolute atomic E-state index is 0.260. The minimum atomic E-state index is -0.726. The van der Waals surface area contributed by atoms with Crippen LogP contribution < -0.4 is 10.6 Å². The number of hydrogen-bond acceptors (Lipinski definition) is 5. The maximum atomic E-state index is 12.2. The molecule has 162 valence electrons. The molecule has 0 saturated carbocycles. The molecule has 0 fully saturated rings. The third-order valence-electron chi connectivity index (χ3n) is 4.36. The predicted molar refractivity (Wildman–Crippen MR) is 123 cm³/mol. The molecule has 7 nitrogen and oxygen atoms in total. The first-order valence-corrected chi connectivity index (χ1v) is 10.4. The van der Waals surface area contributed by atoms with E-state index in [0.717, 1.165) is 4.47 Å². The summed E-state index contributed by atoms with van der Waals surface area (Å²) in [4.78, 5) is 48.2. The van der Waals surface area contributed by atoms with Crippen molar-refractivity contribution >= 4 is 45.2 Å². The van der Waals surface area contributed by atoms with Gasteiger partial charge in [-0.15, -0.1) is 0 Å². The van der Waals surface area contributed by atoms with Gasteiger partial charge in [0.05, 0.1) is 0 Å². The fraction of sp³-hybridized carbons (Fsp3) is 0.0833. The highest BCUT2D eigenvalue weighted by atomic mass is 79.9. The van der Waals surface area contributed by atoms with Crippen molar-refractivity contribution in [3.8, 4) is 0 Å². The van der Waals surface area contributed by atoms with Gasteiger partial charge in [0.25, 0.3) is 11.8 Å². The third kappa shape index (κ3) is 6.61. The summed E-state index contributed by atoms with van der Waals surface area (Å²) >= 11 is 3.28. The monoisotopic (exact) mass is 494 g/mol. The van der Waals surface area contributed by atoms with E-state index in [0.29, 0.717) is 22.4 Å². The van der Waals surface area contributed by atoms with Gasteiger partial charge in [0.1, 0.15) is 6.54 Å². The number of ether oxygens (including phenoxy) is 1. The van der Waals surface area contributed by atoms with Crippen molar-refractivity contribution in [3.05, 3.63) is 100 Å². The summed E-state index contributed by atoms with van der Waals surface area (Å²) in [5.41, 5.74) is 1.78. The van der Waals surface area contributed by atoms with Crippen molar-refractivity contribution in [3.63, 3.8) is 0 Å². The molecule has 0 atom stereocenters. The lowest BCUT2D eigenvalue weighted by Crippen LogP contribution is -2.31. The maximum absolute atomic E-state index is 12.2. The van der Waals surface area contributed by atoms with E-state index in [4.69, 9.17) is 4.74 Å². The van der Waals surface area contributed by atoms with Crippen LogP contribution in [0.3, 0.4) is 0 Å². The van der Waals surface area contributed by atoms with Gasteiger partial charge in [0, 0.05) is 26.9 Å². The number of rotatable bonds is 8. The van der Waals surface area contributed by atoms with Crippen molar-refractivity contribution in [2.45, 2.75) is 0 Å². The van der Waals surface area contributed by atoms with Gasteiger partial charge in [-0.25, -0.2) is 0 Å². The molecule has 3 aromatic rings. The van der Waals surface area contributed by atoms with E-state index in [2.05, 4.69) is 26.6 Å². The smallest absolute Gasteiger partial charge is 0.325 e. The van der Waals surface area contributed by atoms with Crippen LogP contribution in [-0.4, -0.2) is 36.7 Å². The first-order chi connectivity index (χ1) is 15.4. The van der Waals surface area contributed by atoms with Crippen molar-refractivity contribution in [1.29, 1.82) is 0 Å². The van der Waals surface area contributed by atoms with Crippen molar-refractivity contribution in [1.82, 2.24) is 5.32 Å². The number of Topliss-reactive ketones (excluding diaryl/α,β-unsaturated/α-hetero) is 1. The molecule has 0 heterocycles. The molecule has 2 N–H and O–H groups in total. The largest absolute Gasteiger partial charge is 0.456 e. The Morgan fingerprint density at radius 1 is 0.719 bits per heavy atom. The molecule has 3 aromatic carbocycles. The molecule has 0 aromatic heterocycles. The summed E-state index contributed by atoms with van der Waals surface area (Å²) in [6, 6.07) is 21.6. The molecule has 0 bridgehead atoms. The second kappa shape index (κ2) is 11.0. The van der Waals surface area contributed by atoms with E-state index >= 15 is 0 Å². The van der Waals surface area contributed by atoms with Crippen LogP contribution in [0, 0.1) is 0 Å². The summed E-state index contributed by atoms with van der Waals surface area (Å²) in [5.74, 6) is -1.81. The van der Waals surface area contributed by atoms with Gasteiger partial charge < -0.3 is 15.4 Å². The Labute approximate surface area is 192 Å². The van der Waals surface area contributed by atoms with E-state index in [9.17, 15) is 19.2 Å². The highest BCUT2D eigenvalue weighted by Gasteiger charge is 2.13. The number of carbonyl (C=O) groups is 4. The normalized spacial score (nSPS) is 10.2. The topological polar surface area (TPSA) is 102 Å². The zero-order valence-corrected chi connectivity index (χ0v) is 18.4. The van der Waals surface area contributed by atoms with Gasteiger partial charge in [-0.2, -0.15) is 0 Å². The number of amides is 2. The molecule has 0 radical (unpaired) electrons. The van der Waals surface area contributed by atoms with Crippen LogP contribution in [0.2, 0.25) is 0 Å². The summed E-state index contributed by atoms with van der Waals surface area (Å²) in [5, 5.41) is 5.18. The zero-order valence-electron chi connectivity index (χ0n) is 16.8. The van der Waals surface area contributed by atoms with Crippen molar-refractivity contribution in [2.24, 2.45) is 0 Å². The Bertz CT molecular complexity index is 1110. The molecule has 0 aliphatic carbocycles. The van der Waals surface area contributed by atoms with Crippen molar-refractivity contribution in [2.75, 3.05) is 18.5 Å². The Balaban J connectivity index is 1.44. The number of nitrogens with one attached hydrogen (secondary N) is 2. The van der Waals surface area contributed by atoms with Gasteiger partial charge >= 0.3 is 5.97 Å². The van der Waals surface area contributed by atoms with Gasteiger partial charge in [-0.1, -0.05) is 34.1 Å². The van der Waals surface area contributed by atoms with Crippen LogP contribution in [0.15, 0.2) is 83.3 Å². The summed E-state index contributed by atoms with van der Waals surface area (Å²) in [6.07, 6.45) is 0. The Kier molecular flexibility index (Phi) is 7.88. The van der Waals surface area contributed by atoms with Crippen LogP contribution in [0.1, 0.15) is 31.1 Å². The van der Waals surface area contributed by atoms with E-state index in [1.165, 1.54) is 12.1 Å². The number of ketones is 1. The fourth-order valence-corrected chi connectivity index (χ4v) is 2.93. The molecular formula is C24H19BrN2O5. The molecule has 0 saturated heterocycles. The highest BCUT2D eigenvalue weighted by molar-refractivity contribution is 9.10. The number of esters is 1. The molecule has 2 amide bonds. The van der Waals surface area contributed by atoms with Gasteiger partial charge in [-0.3, -0.25) is 19.2 Å². The van der Waals surface area contributed by atoms with Crippen LogP contribution in [0.4, 0.5) is 5.69 Å². The lowest BCUT2D eigenvalue weighted by Gasteiger charge is -2.08. The first-order valence-electron chi connectivity index (χ1n) is 9.61. The van der Waals surface area contributed by atoms with E-state index < -0.39 is 24.3 Å². The first kappa shape index (κ1) is 22.9. The molecule has 0 spiro atoms. The second-order valence-corrected chi connectivity index (χ2v) is 7.59. The van der Waals surface area contributed by atoms with Crippen molar-refractivity contribution < 1.29 is 23.9 Å². The van der Waals surface area contributed by atoms with Crippen LogP contribution >= 0.6 is 15.9 Å². The molecule has 8 heteroatoms.